The number of allylic oxidation sites excluding steroid dienone is 2. The molecule has 0 spiro atoms. The normalized spacial score (nSPS) is 7.25. The molecule has 0 aliphatic rings. The second-order valence-electron chi connectivity index (χ2n) is 1.11. The zero-order valence-electron chi connectivity index (χ0n) is 4.88. The maximum absolute atomic E-state index is 9.96. The van der Waals surface area contributed by atoms with Gasteiger partial charge in [0.25, 0.3) is 0 Å². The van der Waals surface area contributed by atoms with Crippen molar-refractivity contribution >= 4 is 30.6 Å². The van der Waals surface area contributed by atoms with Crippen molar-refractivity contribution in [3.8, 4) is 0 Å². The van der Waals surface area contributed by atoms with Gasteiger partial charge in [0.15, 0.2) is 5.78 Å². The Bertz CT molecular complexity index is 78.5. The number of halogens is 2. The van der Waals surface area contributed by atoms with Crippen LogP contribution in [0.25, 0.3) is 0 Å². The predicted octanol–water partition coefficient (Wildman–Crippen LogP) is 2.00. The standard InChI is InChI=1S/C5H8O.2ClH/c1-3-4-5(2)6;;/h3-4H,1-2H3;2*1H. The van der Waals surface area contributed by atoms with Gasteiger partial charge in [-0.15, -0.1) is 24.8 Å². The van der Waals surface area contributed by atoms with Crippen LogP contribution in [-0.4, -0.2) is 5.78 Å². The van der Waals surface area contributed by atoms with Crippen LogP contribution in [0, 0.1) is 0 Å². The average molecular weight is 157 g/mol. The van der Waals surface area contributed by atoms with Crippen LogP contribution >= 0.6 is 24.8 Å². The Balaban J connectivity index is -0.000000125. The van der Waals surface area contributed by atoms with E-state index in [9.17, 15) is 4.79 Å². The highest BCUT2D eigenvalue weighted by Gasteiger charge is 1.73. The second kappa shape index (κ2) is 10.1. The van der Waals surface area contributed by atoms with Gasteiger partial charge in [-0.2, -0.15) is 0 Å². The third-order valence-electron chi connectivity index (χ3n) is 0.401. The first-order valence-corrected chi connectivity index (χ1v) is 1.90. The van der Waals surface area contributed by atoms with Crippen molar-refractivity contribution in [3.63, 3.8) is 0 Å². The lowest BCUT2D eigenvalue weighted by Gasteiger charge is -1.68. The molecule has 0 aromatic heterocycles. The third-order valence-corrected chi connectivity index (χ3v) is 0.401. The van der Waals surface area contributed by atoms with E-state index in [2.05, 4.69) is 0 Å². The highest BCUT2D eigenvalue weighted by Crippen LogP contribution is 1.69. The minimum Gasteiger partial charge on any atom is -0.295 e. The van der Waals surface area contributed by atoms with Crippen molar-refractivity contribution in [2.24, 2.45) is 0 Å². The SMILES string of the molecule is CC=CC(C)=O.Cl.Cl. The maximum Gasteiger partial charge on any atom is 0.152 e. The van der Waals surface area contributed by atoms with Crippen molar-refractivity contribution in [1.29, 1.82) is 0 Å². The minimum absolute atomic E-state index is 0. The molecule has 0 fully saturated rings. The Morgan fingerprint density at radius 3 is 1.75 bits per heavy atom. The van der Waals surface area contributed by atoms with Gasteiger partial charge in [0.1, 0.15) is 0 Å². The summed E-state index contributed by atoms with van der Waals surface area (Å²) in [5, 5.41) is 0. The van der Waals surface area contributed by atoms with Crippen LogP contribution in [0.4, 0.5) is 0 Å². The van der Waals surface area contributed by atoms with E-state index in [-0.39, 0.29) is 30.6 Å². The van der Waals surface area contributed by atoms with E-state index in [0.29, 0.717) is 0 Å². The number of carbonyl (C=O) groups is 1. The van der Waals surface area contributed by atoms with Crippen molar-refractivity contribution in [1.82, 2.24) is 0 Å². The van der Waals surface area contributed by atoms with Crippen LogP contribution in [0.2, 0.25) is 0 Å². The molecule has 8 heavy (non-hydrogen) atoms. The summed E-state index contributed by atoms with van der Waals surface area (Å²) in [6.45, 7) is 3.35. The van der Waals surface area contributed by atoms with Crippen molar-refractivity contribution in [3.05, 3.63) is 12.2 Å². The van der Waals surface area contributed by atoms with Crippen LogP contribution in [0.15, 0.2) is 12.2 Å². The van der Waals surface area contributed by atoms with E-state index in [1.807, 2.05) is 6.92 Å². The van der Waals surface area contributed by atoms with Gasteiger partial charge in [0.2, 0.25) is 0 Å². The van der Waals surface area contributed by atoms with Gasteiger partial charge in [-0.3, -0.25) is 4.79 Å². The van der Waals surface area contributed by atoms with E-state index in [0.717, 1.165) is 0 Å². The van der Waals surface area contributed by atoms with Gasteiger partial charge in [-0.25, -0.2) is 0 Å². The zero-order chi connectivity index (χ0) is 4.99. The second-order valence-corrected chi connectivity index (χ2v) is 1.11. The summed E-state index contributed by atoms with van der Waals surface area (Å²) in [6, 6.07) is 0. The fourth-order valence-corrected chi connectivity index (χ4v) is 0.235. The number of hydrogen-bond acceptors (Lipinski definition) is 1. The molecule has 50 valence electrons. The van der Waals surface area contributed by atoms with Crippen LogP contribution in [0.1, 0.15) is 13.8 Å². The lowest BCUT2D eigenvalue weighted by Crippen LogP contribution is -1.76. The highest BCUT2D eigenvalue weighted by atomic mass is 35.5. The number of carbonyl (C=O) groups excluding carboxylic acids is 1. The van der Waals surface area contributed by atoms with Crippen molar-refractivity contribution in [2.45, 2.75) is 13.8 Å². The van der Waals surface area contributed by atoms with E-state index in [1.165, 1.54) is 13.0 Å². The molecule has 0 N–H and O–H groups in total. The lowest BCUT2D eigenvalue weighted by atomic mass is 10.4. The molecule has 1 nitrogen and oxygen atoms in total. The van der Waals surface area contributed by atoms with Gasteiger partial charge in [0.05, 0.1) is 0 Å². The van der Waals surface area contributed by atoms with Crippen molar-refractivity contribution in [2.75, 3.05) is 0 Å². The molecule has 0 atom stereocenters. The topological polar surface area (TPSA) is 17.1 Å². The summed E-state index contributed by atoms with van der Waals surface area (Å²) >= 11 is 0. The molecule has 0 unspecified atom stereocenters. The fraction of sp³-hybridized carbons (Fsp3) is 0.400. The Kier molecular flexibility index (Phi) is 19.7. The van der Waals surface area contributed by atoms with Crippen LogP contribution < -0.4 is 0 Å². The number of ketones is 1. The zero-order valence-corrected chi connectivity index (χ0v) is 6.51. The quantitative estimate of drug-likeness (QED) is 0.532. The molecule has 0 radical (unpaired) electrons. The molecule has 0 bridgehead atoms. The van der Waals surface area contributed by atoms with Crippen molar-refractivity contribution < 1.29 is 4.79 Å². The number of rotatable bonds is 1. The first-order chi connectivity index (χ1) is 2.77. The molecule has 0 rings (SSSR count). The Hall–Kier alpha value is -0.0100. The van der Waals surface area contributed by atoms with Crippen LogP contribution in [0.5, 0.6) is 0 Å². The van der Waals surface area contributed by atoms with Crippen LogP contribution in [0.3, 0.4) is 0 Å². The lowest BCUT2D eigenvalue weighted by molar-refractivity contribution is -0.112. The van der Waals surface area contributed by atoms with Gasteiger partial charge < -0.3 is 0 Å². The molecule has 0 amide bonds. The predicted molar refractivity (Wildman–Crippen MR) is 40.0 cm³/mol. The van der Waals surface area contributed by atoms with Gasteiger partial charge >= 0.3 is 0 Å². The molecular weight excluding hydrogens is 147 g/mol. The first-order valence-electron chi connectivity index (χ1n) is 1.90. The molecule has 0 aliphatic heterocycles. The molecule has 0 saturated heterocycles. The largest absolute Gasteiger partial charge is 0.295 e. The summed E-state index contributed by atoms with van der Waals surface area (Å²) in [7, 11) is 0. The molecule has 0 aromatic rings. The van der Waals surface area contributed by atoms with E-state index in [1.54, 1.807) is 6.08 Å². The Morgan fingerprint density at radius 1 is 1.38 bits per heavy atom. The van der Waals surface area contributed by atoms with Crippen LogP contribution in [-0.2, 0) is 4.79 Å². The molecular formula is C5H10Cl2O. The average Bonchev–Trinajstić information content (AvgIpc) is 1.35. The summed E-state index contributed by atoms with van der Waals surface area (Å²) in [5.74, 6) is 0.109. The Labute approximate surface area is 62.0 Å². The first kappa shape index (κ1) is 15.7. The Morgan fingerprint density at radius 2 is 1.75 bits per heavy atom. The van der Waals surface area contributed by atoms with Gasteiger partial charge in [0, 0.05) is 0 Å². The molecule has 0 saturated carbocycles. The molecule has 0 aromatic carbocycles. The molecule has 0 aliphatic carbocycles. The van der Waals surface area contributed by atoms with Gasteiger partial charge in [-0.05, 0) is 19.9 Å². The summed E-state index contributed by atoms with van der Waals surface area (Å²) < 4.78 is 0. The highest BCUT2D eigenvalue weighted by molar-refractivity contribution is 5.87. The maximum atomic E-state index is 9.96. The number of hydrogen-bond donors (Lipinski definition) is 0. The van der Waals surface area contributed by atoms with E-state index < -0.39 is 0 Å². The monoisotopic (exact) mass is 156 g/mol. The fourth-order valence-electron chi connectivity index (χ4n) is 0.235. The third kappa shape index (κ3) is 16.7. The summed E-state index contributed by atoms with van der Waals surface area (Å²) in [6.07, 6.45) is 3.25. The summed E-state index contributed by atoms with van der Waals surface area (Å²) in [4.78, 5) is 9.96. The van der Waals surface area contributed by atoms with E-state index >= 15 is 0 Å². The minimum atomic E-state index is 0. The molecule has 3 heteroatoms. The van der Waals surface area contributed by atoms with Gasteiger partial charge in [-0.1, -0.05) is 6.08 Å². The molecule has 0 heterocycles. The van der Waals surface area contributed by atoms with E-state index in [4.69, 9.17) is 0 Å². The summed E-state index contributed by atoms with van der Waals surface area (Å²) in [5.41, 5.74) is 0. The smallest absolute Gasteiger partial charge is 0.152 e.